The number of carbonyl (C=O) groups is 1. The highest BCUT2D eigenvalue weighted by Gasteiger charge is 2.36. The van der Waals surface area contributed by atoms with Gasteiger partial charge in [-0.15, -0.1) is 0 Å². The van der Waals surface area contributed by atoms with Gasteiger partial charge in [-0.05, 0) is 37.1 Å². The SMILES string of the molecule is CCOC(=O)C(C)(NCCN=[N+]=[N-])c1cc(F)cc(F)c1. The molecule has 0 saturated carbocycles. The number of carbonyl (C=O) groups excluding carboxylic acids is 1. The van der Waals surface area contributed by atoms with Gasteiger partial charge in [0, 0.05) is 24.1 Å². The van der Waals surface area contributed by atoms with Gasteiger partial charge < -0.3 is 4.74 Å². The number of halogens is 2. The van der Waals surface area contributed by atoms with Crippen molar-refractivity contribution >= 4 is 5.97 Å². The summed E-state index contributed by atoms with van der Waals surface area (Å²) in [6.07, 6.45) is 0. The lowest BCUT2D eigenvalue weighted by Gasteiger charge is -2.29. The summed E-state index contributed by atoms with van der Waals surface area (Å²) < 4.78 is 31.7. The number of rotatable bonds is 7. The zero-order valence-electron chi connectivity index (χ0n) is 11.8. The predicted molar refractivity (Wildman–Crippen MR) is 72.4 cm³/mol. The molecule has 1 N–H and O–H groups in total. The average molecular weight is 298 g/mol. The minimum atomic E-state index is -1.44. The molecular formula is C13H16F2N4O2. The molecule has 1 unspecified atom stereocenters. The van der Waals surface area contributed by atoms with E-state index in [1.165, 1.54) is 6.92 Å². The van der Waals surface area contributed by atoms with E-state index in [1.807, 2.05) is 0 Å². The van der Waals surface area contributed by atoms with E-state index in [1.54, 1.807) is 6.92 Å². The second kappa shape index (κ2) is 7.56. The first-order valence-electron chi connectivity index (χ1n) is 6.33. The summed E-state index contributed by atoms with van der Waals surface area (Å²) >= 11 is 0. The molecule has 0 heterocycles. The molecule has 8 heteroatoms. The number of hydrogen-bond donors (Lipinski definition) is 1. The fraction of sp³-hybridized carbons (Fsp3) is 0.462. The van der Waals surface area contributed by atoms with Crippen LogP contribution in [-0.2, 0) is 15.1 Å². The molecule has 21 heavy (non-hydrogen) atoms. The van der Waals surface area contributed by atoms with Crippen LogP contribution >= 0.6 is 0 Å². The molecule has 1 rings (SSSR count). The topological polar surface area (TPSA) is 87.1 Å². The Kier molecular flexibility index (Phi) is 6.08. The minimum absolute atomic E-state index is 0.0866. The highest BCUT2D eigenvalue weighted by molar-refractivity contribution is 5.82. The van der Waals surface area contributed by atoms with Crippen molar-refractivity contribution in [1.29, 1.82) is 0 Å². The van der Waals surface area contributed by atoms with Crippen molar-refractivity contribution in [1.82, 2.24) is 5.32 Å². The second-order valence-corrected chi connectivity index (χ2v) is 4.38. The lowest BCUT2D eigenvalue weighted by atomic mass is 9.91. The largest absolute Gasteiger partial charge is 0.464 e. The normalized spacial score (nSPS) is 13.1. The van der Waals surface area contributed by atoms with Crippen molar-refractivity contribution in [3.8, 4) is 0 Å². The molecule has 0 saturated heterocycles. The van der Waals surface area contributed by atoms with Gasteiger partial charge in [-0.25, -0.2) is 13.6 Å². The van der Waals surface area contributed by atoms with E-state index in [0.29, 0.717) is 0 Å². The Morgan fingerprint density at radius 2 is 2.05 bits per heavy atom. The average Bonchev–Trinajstić information content (AvgIpc) is 2.42. The molecule has 0 spiro atoms. The molecule has 0 aromatic heterocycles. The Hall–Kier alpha value is -2.18. The summed E-state index contributed by atoms with van der Waals surface area (Å²) in [4.78, 5) is 14.7. The summed E-state index contributed by atoms with van der Waals surface area (Å²) in [5.41, 5.74) is 6.87. The van der Waals surface area contributed by atoms with E-state index >= 15 is 0 Å². The molecule has 0 aliphatic carbocycles. The Morgan fingerprint density at radius 3 is 2.57 bits per heavy atom. The molecule has 0 aliphatic heterocycles. The monoisotopic (exact) mass is 298 g/mol. The number of esters is 1. The molecule has 1 atom stereocenters. The van der Waals surface area contributed by atoms with Crippen LogP contribution in [0.25, 0.3) is 10.4 Å². The first kappa shape index (κ1) is 16.9. The maximum Gasteiger partial charge on any atom is 0.330 e. The summed E-state index contributed by atoms with van der Waals surface area (Å²) in [7, 11) is 0. The number of nitrogens with zero attached hydrogens (tertiary/aromatic N) is 3. The zero-order valence-corrected chi connectivity index (χ0v) is 11.8. The van der Waals surface area contributed by atoms with Crippen molar-refractivity contribution in [3.05, 3.63) is 45.8 Å². The van der Waals surface area contributed by atoms with Crippen LogP contribution in [0.5, 0.6) is 0 Å². The fourth-order valence-electron chi connectivity index (χ4n) is 1.81. The summed E-state index contributed by atoms with van der Waals surface area (Å²) in [6.45, 7) is 3.45. The summed E-state index contributed by atoms with van der Waals surface area (Å²) in [6, 6.07) is 2.83. The molecule has 1 aromatic carbocycles. The molecule has 0 amide bonds. The van der Waals surface area contributed by atoms with Crippen LogP contribution < -0.4 is 5.32 Å². The first-order chi connectivity index (χ1) is 9.93. The number of nitrogens with one attached hydrogen (secondary N) is 1. The highest BCUT2D eigenvalue weighted by Crippen LogP contribution is 2.24. The Labute approximate surface area is 120 Å². The summed E-state index contributed by atoms with van der Waals surface area (Å²) in [5, 5.41) is 6.14. The van der Waals surface area contributed by atoms with Crippen LogP contribution in [0.15, 0.2) is 23.3 Å². The van der Waals surface area contributed by atoms with Crippen molar-refractivity contribution < 1.29 is 18.3 Å². The van der Waals surface area contributed by atoms with Gasteiger partial charge in [0.05, 0.1) is 6.61 Å². The standard InChI is InChI=1S/C13H16F2N4O2/c1-3-21-12(20)13(2,17-4-5-18-19-16)9-6-10(14)8-11(15)7-9/h6-8,17H,3-5H2,1-2H3. The number of hydrogen-bond acceptors (Lipinski definition) is 4. The third kappa shape index (κ3) is 4.40. The molecule has 1 aromatic rings. The van der Waals surface area contributed by atoms with E-state index in [9.17, 15) is 13.6 Å². The molecule has 114 valence electrons. The van der Waals surface area contributed by atoms with Crippen molar-refractivity contribution in [2.75, 3.05) is 19.7 Å². The van der Waals surface area contributed by atoms with Gasteiger partial charge in [0.15, 0.2) is 0 Å². The lowest BCUT2D eigenvalue weighted by molar-refractivity contribution is -0.151. The third-order valence-electron chi connectivity index (χ3n) is 2.88. The van der Waals surface area contributed by atoms with Crippen LogP contribution in [0.3, 0.4) is 0 Å². The number of benzene rings is 1. The smallest absolute Gasteiger partial charge is 0.330 e. The van der Waals surface area contributed by atoms with E-state index in [4.69, 9.17) is 10.3 Å². The minimum Gasteiger partial charge on any atom is -0.464 e. The van der Waals surface area contributed by atoms with Gasteiger partial charge in [0.2, 0.25) is 0 Å². The third-order valence-corrected chi connectivity index (χ3v) is 2.88. The van der Waals surface area contributed by atoms with Crippen molar-refractivity contribution in [3.63, 3.8) is 0 Å². The van der Waals surface area contributed by atoms with Gasteiger partial charge in [-0.2, -0.15) is 0 Å². The zero-order chi connectivity index (χ0) is 15.9. The van der Waals surface area contributed by atoms with E-state index in [-0.39, 0.29) is 25.3 Å². The maximum absolute atomic E-state index is 13.4. The number of ether oxygens (including phenoxy) is 1. The van der Waals surface area contributed by atoms with Gasteiger partial charge in [-0.3, -0.25) is 5.32 Å². The van der Waals surface area contributed by atoms with Crippen molar-refractivity contribution in [2.45, 2.75) is 19.4 Å². The molecule has 0 fully saturated rings. The number of azide groups is 1. The molecule has 0 radical (unpaired) electrons. The second-order valence-electron chi connectivity index (χ2n) is 4.38. The van der Waals surface area contributed by atoms with E-state index in [2.05, 4.69) is 15.3 Å². The van der Waals surface area contributed by atoms with Crippen LogP contribution in [-0.4, -0.2) is 25.7 Å². The fourth-order valence-corrected chi connectivity index (χ4v) is 1.81. The van der Waals surface area contributed by atoms with Gasteiger partial charge in [-0.1, -0.05) is 5.11 Å². The Bertz CT molecular complexity index is 541. The van der Waals surface area contributed by atoms with Crippen molar-refractivity contribution in [2.24, 2.45) is 5.11 Å². The van der Waals surface area contributed by atoms with E-state index < -0.39 is 23.1 Å². The van der Waals surface area contributed by atoms with Crippen LogP contribution in [0.4, 0.5) is 8.78 Å². The lowest BCUT2D eigenvalue weighted by Crippen LogP contribution is -2.48. The molecule has 0 bridgehead atoms. The predicted octanol–water partition coefficient (Wildman–Crippen LogP) is 2.64. The maximum atomic E-state index is 13.4. The van der Waals surface area contributed by atoms with E-state index in [0.717, 1.165) is 18.2 Å². The Balaban J connectivity index is 3.10. The van der Waals surface area contributed by atoms with Gasteiger partial charge in [0.25, 0.3) is 0 Å². The highest BCUT2D eigenvalue weighted by atomic mass is 19.1. The Morgan fingerprint density at radius 1 is 1.43 bits per heavy atom. The summed E-state index contributed by atoms with van der Waals surface area (Å²) in [5.74, 6) is -2.26. The molecule has 0 aliphatic rings. The molecular weight excluding hydrogens is 282 g/mol. The van der Waals surface area contributed by atoms with Crippen LogP contribution in [0, 0.1) is 11.6 Å². The van der Waals surface area contributed by atoms with Crippen LogP contribution in [0.1, 0.15) is 19.4 Å². The van der Waals surface area contributed by atoms with Crippen LogP contribution in [0.2, 0.25) is 0 Å². The van der Waals surface area contributed by atoms with Gasteiger partial charge in [0.1, 0.15) is 17.2 Å². The first-order valence-corrected chi connectivity index (χ1v) is 6.33. The molecule has 6 nitrogen and oxygen atoms in total. The quantitative estimate of drug-likeness (QED) is 0.276. The van der Waals surface area contributed by atoms with Gasteiger partial charge >= 0.3 is 5.97 Å².